The standard InChI is InChI=1S/C3H8O3/c4-1-3(6)2-5/h3-6H,1-2H2/i1D2,2D2,3D,4D,6D. The van der Waals surface area contributed by atoms with E-state index in [0.29, 0.717) is 0 Å². The third-order valence-corrected chi connectivity index (χ3v) is 0.194. The van der Waals surface area contributed by atoms with Crippen LogP contribution in [0.4, 0.5) is 0 Å². The van der Waals surface area contributed by atoms with E-state index < -0.39 is 19.2 Å². The largest absolute Gasteiger partial charge is 0.394 e. The lowest BCUT2D eigenvalue weighted by Gasteiger charge is -1.96. The van der Waals surface area contributed by atoms with Gasteiger partial charge in [0.15, 0.2) is 0 Å². The minimum Gasteiger partial charge on any atom is -0.394 e. The van der Waals surface area contributed by atoms with E-state index >= 15 is 0 Å². The zero-order chi connectivity index (χ0) is 10.9. The van der Waals surface area contributed by atoms with E-state index in [-0.39, 0.29) is 0 Å². The Kier molecular flexibility index (Phi) is 0.510. The molecule has 0 aromatic rings. The van der Waals surface area contributed by atoms with Gasteiger partial charge in [-0.3, -0.25) is 0 Å². The highest BCUT2D eigenvalue weighted by Gasteiger charge is 1.93. The highest BCUT2D eigenvalue weighted by atomic mass is 16.3. The molecule has 38 valence electrons. The summed E-state index contributed by atoms with van der Waals surface area (Å²) in [7, 11) is 0. The number of hydrogen-bond donors (Lipinski definition) is 3. The Hall–Kier alpha value is -0.120. The summed E-state index contributed by atoms with van der Waals surface area (Å²) in [6.07, 6.45) is -3.35. The molecule has 0 aliphatic rings. The van der Waals surface area contributed by atoms with Crippen molar-refractivity contribution >= 4 is 0 Å². The highest BCUT2D eigenvalue weighted by molar-refractivity contribution is 4.43. The summed E-state index contributed by atoms with van der Waals surface area (Å²) in [4.78, 5) is 0. The first-order valence-corrected chi connectivity index (χ1v) is 1.13. The fourth-order valence-corrected chi connectivity index (χ4v) is 0.0228. The van der Waals surface area contributed by atoms with Crippen molar-refractivity contribution in [2.45, 2.75) is 6.08 Å². The second-order valence-electron chi connectivity index (χ2n) is 0.543. The SMILES string of the molecule is [2H]OC([2H])([2H])C([2H])(O[2H])C([2H])([2H])O. The molecule has 0 heterocycles. The van der Waals surface area contributed by atoms with Gasteiger partial charge in [0.1, 0.15) is 6.08 Å². The first kappa shape index (κ1) is 0.992. The van der Waals surface area contributed by atoms with Crippen molar-refractivity contribution in [2.75, 3.05) is 13.1 Å². The fraction of sp³-hybridized carbons (Fsp3) is 1.00. The lowest BCUT2D eigenvalue weighted by Crippen LogP contribution is -2.15. The summed E-state index contributed by atoms with van der Waals surface area (Å²) in [6.45, 7) is -6.74. The van der Waals surface area contributed by atoms with Crippen LogP contribution in [-0.2, 0) is 0 Å². The van der Waals surface area contributed by atoms with Crippen LogP contribution in [0.15, 0.2) is 0 Å². The van der Waals surface area contributed by atoms with Gasteiger partial charge in [-0.2, -0.15) is 0 Å². The lowest BCUT2D eigenvalue weighted by atomic mass is 10.4. The van der Waals surface area contributed by atoms with Crippen LogP contribution in [-0.4, -0.2) is 37.4 Å². The summed E-state index contributed by atoms with van der Waals surface area (Å²) in [5.41, 5.74) is 0. The van der Waals surface area contributed by atoms with E-state index in [1.54, 1.807) is 0 Å². The summed E-state index contributed by atoms with van der Waals surface area (Å²) in [5, 5.41) is 15.5. The molecule has 0 saturated carbocycles. The predicted octanol–water partition coefficient (Wildman–Crippen LogP) is -1.67. The number of hydrogen-bond acceptors (Lipinski definition) is 3. The van der Waals surface area contributed by atoms with Gasteiger partial charge in [0.05, 0.1) is 20.0 Å². The first-order chi connectivity index (χ1) is 5.62. The van der Waals surface area contributed by atoms with E-state index in [1.807, 2.05) is 0 Å². The van der Waals surface area contributed by atoms with Crippen molar-refractivity contribution in [1.29, 1.82) is 2.86 Å². The predicted molar refractivity (Wildman–Crippen MR) is 20.2 cm³/mol. The summed E-state index contributed by atoms with van der Waals surface area (Å²) in [5.74, 6) is 0. The van der Waals surface area contributed by atoms with Crippen molar-refractivity contribution in [3.8, 4) is 0 Å². The Morgan fingerprint density at radius 3 is 3.00 bits per heavy atom. The second-order valence-corrected chi connectivity index (χ2v) is 0.543. The quantitative estimate of drug-likeness (QED) is 0.395. The maximum atomic E-state index is 8.70. The Morgan fingerprint density at radius 2 is 2.83 bits per heavy atom. The third kappa shape index (κ3) is 2.14. The van der Waals surface area contributed by atoms with E-state index in [1.165, 1.54) is 0 Å². The molecular weight excluding hydrogens is 84.0 g/mol. The van der Waals surface area contributed by atoms with Crippen molar-refractivity contribution in [2.24, 2.45) is 0 Å². The Labute approximate surface area is 45.9 Å². The smallest absolute Gasteiger partial charge is 0.211 e. The fourth-order valence-electron chi connectivity index (χ4n) is 0.0228. The van der Waals surface area contributed by atoms with Gasteiger partial charge in [-0.1, -0.05) is 0 Å². The molecule has 0 rings (SSSR count). The summed E-state index contributed by atoms with van der Waals surface area (Å²) < 4.78 is 46.3. The van der Waals surface area contributed by atoms with Crippen LogP contribution in [0.25, 0.3) is 0 Å². The molecule has 0 spiro atoms. The van der Waals surface area contributed by atoms with Crippen LogP contribution < -0.4 is 0 Å². The van der Waals surface area contributed by atoms with Crippen LogP contribution >= 0.6 is 0 Å². The molecular formula is C3H8O3. The van der Waals surface area contributed by atoms with Crippen LogP contribution in [0.2, 0.25) is 0 Å². The van der Waals surface area contributed by atoms with Gasteiger partial charge >= 0.3 is 0 Å². The maximum absolute atomic E-state index is 8.70. The van der Waals surface area contributed by atoms with Gasteiger partial charge in [0.25, 0.3) is 0 Å². The molecule has 0 saturated heterocycles. The molecule has 0 radical (unpaired) electrons. The molecule has 1 atom stereocenters. The Bertz CT molecular complexity index is 178. The van der Waals surface area contributed by atoms with Crippen molar-refractivity contribution < 1.29 is 22.2 Å². The molecule has 0 aliphatic heterocycles. The average molecular weight is 99.1 g/mol. The molecule has 3 nitrogen and oxygen atoms in total. The van der Waals surface area contributed by atoms with Gasteiger partial charge < -0.3 is 15.3 Å². The van der Waals surface area contributed by atoms with Gasteiger partial charge in [-0.25, -0.2) is 0 Å². The lowest BCUT2D eigenvalue weighted by molar-refractivity contribution is 0.0450. The first-order valence-electron chi connectivity index (χ1n) is 4.45. The maximum Gasteiger partial charge on any atom is 0.211 e. The Morgan fingerprint density at radius 1 is 2.00 bits per heavy atom. The highest BCUT2D eigenvalue weighted by Crippen LogP contribution is 1.71. The van der Waals surface area contributed by atoms with E-state index in [0.717, 1.165) is 0 Å². The van der Waals surface area contributed by atoms with Crippen molar-refractivity contribution in [3.63, 3.8) is 0 Å². The monoisotopic (exact) mass is 99.1 g/mol. The minimum absolute atomic E-state index is 3.27. The van der Waals surface area contributed by atoms with Crippen molar-refractivity contribution in [3.05, 3.63) is 0 Å². The minimum atomic E-state index is -3.47. The van der Waals surface area contributed by atoms with Crippen molar-refractivity contribution in [1.82, 2.24) is 0 Å². The van der Waals surface area contributed by atoms with E-state index in [2.05, 4.69) is 10.2 Å². The number of aliphatic hydroxyl groups is 3. The molecule has 0 aromatic heterocycles. The topological polar surface area (TPSA) is 60.7 Å². The van der Waals surface area contributed by atoms with Crippen LogP contribution in [0.3, 0.4) is 0 Å². The van der Waals surface area contributed by atoms with Crippen LogP contribution in [0.1, 0.15) is 6.85 Å². The third-order valence-electron chi connectivity index (χ3n) is 0.194. The van der Waals surface area contributed by atoms with Crippen LogP contribution in [0.5, 0.6) is 0 Å². The van der Waals surface area contributed by atoms with Gasteiger partial charge in [0, 0.05) is 0 Å². The molecule has 0 aromatic carbocycles. The number of rotatable bonds is 4. The van der Waals surface area contributed by atoms with Crippen LogP contribution in [0, 0.1) is 0 Å². The van der Waals surface area contributed by atoms with E-state index in [4.69, 9.17) is 14.8 Å². The average Bonchev–Trinajstić information content (AvgIpc) is 2.00. The molecule has 0 amide bonds. The summed E-state index contributed by atoms with van der Waals surface area (Å²) >= 11 is 0. The van der Waals surface area contributed by atoms with Gasteiger partial charge in [0.2, 0.25) is 2.86 Å². The molecule has 0 aliphatic carbocycles. The molecule has 0 fully saturated rings. The molecule has 0 bridgehead atoms. The zero-order valence-electron chi connectivity index (χ0n) is 9.76. The van der Waals surface area contributed by atoms with Gasteiger partial charge in [-0.05, 0) is 0 Å². The normalized spacial score (nSPS) is 41.2. The second kappa shape index (κ2) is 3.08. The van der Waals surface area contributed by atoms with Gasteiger partial charge in [-0.15, -0.1) is 0 Å². The summed E-state index contributed by atoms with van der Waals surface area (Å²) in [6, 6.07) is 0. The molecule has 3 N–H and O–H groups in total. The molecule has 1 unspecified atom stereocenters. The molecule has 6 heavy (non-hydrogen) atoms. The Balaban J connectivity index is 5.06. The zero-order valence-corrected chi connectivity index (χ0v) is 2.76. The van der Waals surface area contributed by atoms with E-state index in [9.17, 15) is 0 Å². The molecule has 3 heteroatoms.